The molecule has 0 bridgehead atoms. The first kappa shape index (κ1) is 12.0. The molecule has 0 heterocycles. The van der Waals surface area contributed by atoms with E-state index in [1.165, 1.54) is 6.42 Å². The van der Waals surface area contributed by atoms with Crippen molar-refractivity contribution in [2.24, 2.45) is 5.73 Å². The molecule has 4 heteroatoms. The molecule has 1 aliphatic carbocycles. The number of nitrogens with two attached hydrogens (primary N) is 1. The van der Waals surface area contributed by atoms with Crippen molar-refractivity contribution in [3.63, 3.8) is 0 Å². The van der Waals surface area contributed by atoms with Crippen molar-refractivity contribution >= 4 is 5.69 Å². The van der Waals surface area contributed by atoms with Crippen LogP contribution in [-0.4, -0.2) is 26.3 Å². The van der Waals surface area contributed by atoms with E-state index in [0.29, 0.717) is 6.04 Å². The van der Waals surface area contributed by atoms with Gasteiger partial charge in [0.05, 0.1) is 19.9 Å². The molecular formula is C13H20N2O2. The lowest BCUT2D eigenvalue weighted by molar-refractivity contribution is 0.404. The van der Waals surface area contributed by atoms with Gasteiger partial charge in [-0.15, -0.1) is 0 Å². The highest BCUT2D eigenvalue weighted by Crippen LogP contribution is 2.31. The zero-order valence-corrected chi connectivity index (χ0v) is 10.4. The van der Waals surface area contributed by atoms with Gasteiger partial charge in [0, 0.05) is 18.2 Å². The fraction of sp³-hybridized carbons (Fsp3) is 0.538. The fourth-order valence-electron chi connectivity index (χ4n) is 2.29. The molecule has 0 aromatic heterocycles. The zero-order chi connectivity index (χ0) is 12.3. The Morgan fingerprint density at radius 1 is 1.24 bits per heavy atom. The zero-order valence-electron chi connectivity index (χ0n) is 10.4. The van der Waals surface area contributed by atoms with E-state index in [4.69, 9.17) is 15.2 Å². The lowest BCUT2D eigenvalue weighted by atomic mass is 10.1. The second-order valence-electron chi connectivity index (χ2n) is 4.41. The fourth-order valence-corrected chi connectivity index (χ4v) is 2.29. The van der Waals surface area contributed by atoms with Crippen LogP contribution < -0.4 is 20.5 Å². The third-order valence-electron chi connectivity index (χ3n) is 3.32. The molecule has 0 radical (unpaired) electrons. The largest absolute Gasteiger partial charge is 0.497 e. The second kappa shape index (κ2) is 5.27. The Balaban J connectivity index is 2.17. The molecule has 1 aromatic carbocycles. The van der Waals surface area contributed by atoms with E-state index in [-0.39, 0.29) is 6.04 Å². The summed E-state index contributed by atoms with van der Waals surface area (Å²) >= 11 is 0. The number of rotatable bonds is 4. The first-order valence-corrected chi connectivity index (χ1v) is 5.98. The van der Waals surface area contributed by atoms with Gasteiger partial charge in [-0.2, -0.15) is 0 Å². The molecule has 0 spiro atoms. The highest BCUT2D eigenvalue weighted by molar-refractivity contribution is 5.60. The summed E-state index contributed by atoms with van der Waals surface area (Å²) < 4.78 is 10.6. The highest BCUT2D eigenvalue weighted by atomic mass is 16.5. The lowest BCUT2D eigenvalue weighted by Crippen LogP contribution is -2.35. The molecule has 0 amide bonds. The Kier molecular flexibility index (Phi) is 3.74. The molecule has 1 saturated carbocycles. The molecule has 94 valence electrons. The molecule has 1 fully saturated rings. The first-order chi connectivity index (χ1) is 8.24. The molecule has 1 aromatic rings. The number of hydrogen-bond donors (Lipinski definition) is 2. The predicted octanol–water partition coefficient (Wildman–Crippen LogP) is 2.00. The van der Waals surface area contributed by atoms with Gasteiger partial charge in [-0.05, 0) is 31.4 Å². The maximum Gasteiger partial charge on any atom is 0.142 e. The summed E-state index contributed by atoms with van der Waals surface area (Å²) in [7, 11) is 3.33. The Morgan fingerprint density at radius 2 is 2.06 bits per heavy atom. The maximum atomic E-state index is 6.05. The maximum absolute atomic E-state index is 6.05. The van der Waals surface area contributed by atoms with Crippen molar-refractivity contribution in [3.8, 4) is 11.5 Å². The topological polar surface area (TPSA) is 56.5 Å². The molecule has 3 N–H and O–H groups in total. The van der Waals surface area contributed by atoms with E-state index in [9.17, 15) is 0 Å². The number of anilines is 1. The highest BCUT2D eigenvalue weighted by Gasteiger charge is 2.24. The SMILES string of the molecule is COc1ccc(OC)c(NC2CCCC2N)c1. The monoisotopic (exact) mass is 236 g/mol. The normalized spacial score (nSPS) is 23.5. The summed E-state index contributed by atoms with van der Waals surface area (Å²) in [5.41, 5.74) is 7.01. The Labute approximate surface area is 102 Å². The van der Waals surface area contributed by atoms with Gasteiger partial charge in [0.25, 0.3) is 0 Å². The number of nitrogens with one attached hydrogen (secondary N) is 1. The summed E-state index contributed by atoms with van der Waals surface area (Å²) in [6.07, 6.45) is 3.39. The van der Waals surface area contributed by atoms with Gasteiger partial charge in [0.2, 0.25) is 0 Å². The number of ether oxygens (including phenoxy) is 2. The van der Waals surface area contributed by atoms with Crippen LogP contribution in [0.3, 0.4) is 0 Å². The van der Waals surface area contributed by atoms with Crippen LogP contribution >= 0.6 is 0 Å². The third-order valence-corrected chi connectivity index (χ3v) is 3.32. The van der Waals surface area contributed by atoms with Crippen LogP contribution in [0.2, 0.25) is 0 Å². The lowest BCUT2D eigenvalue weighted by Gasteiger charge is -2.20. The van der Waals surface area contributed by atoms with Crippen LogP contribution in [-0.2, 0) is 0 Å². The molecule has 0 aliphatic heterocycles. The molecular weight excluding hydrogens is 216 g/mol. The minimum atomic E-state index is 0.228. The first-order valence-electron chi connectivity index (χ1n) is 5.98. The van der Waals surface area contributed by atoms with Gasteiger partial charge in [-0.3, -0.25) is 0 Å². The van der Waals surface area contributed by atoms with E-state index >= 15 is 0 Å². The van der Waals surface area contributed by atoms with Crippen molar-refractivity contribution < 1.29 is 9.47 Å². The van der Waals surface area contributed by atoms with Crippen LogP contribution in [0.15, 0.2) is 18.2 Å². The molecule has 2 rings (SSSR count). The van der Waals surface area contributed by atoms with Gasteiger partial charge in [0.15, 0.2) is 0 Å². The summed E-state index contributed by atoms with van der Waals surface area (Å²) in [6, 6.07) is 6.30. The molecule has 4 nitrogen and oxygen atoms in total. The molecule has 1 aliphatic rings. The van der Waals surface area contributed by atoms with E-state index in [1.807, 2.05) is 18.2 Å². The summed E-state index contributed by atoms with van der Waals surface area (Å²) in [5, 5.41) is 3.45. The van der Waals surface area contributed by atoms with Gasteiger partial charge in [0.1, 0.15) is 11.5 Å². The second-order valence-corrected chi connectivity index (χ2v) is 4.41. The quantitative estimate of drug-likeness (QED) is 0.839. The van der Waals surface area contributed by atoms with Crippen LogP contribution in [0.1, 0.15) is 19.3 Å². The summed E-state index contributed by atoms with van der Waals surface area (Å²) in [5.74, 6) is 1.64. The van der Waals surface area contributed by atoms with E-state index in [0.717, 1.165) is 30.0 Å². The predicted molar refractivity (Wildman–Crippen MR) is 68.8 cm³/mol. The van der Waals surface area contributed by atoms with Crippen molar-refractivity contribution in [2.45, 2.75) is 31.3 Å². The standard InChI is InChI=1S/C13H20N2O2/c1-16-9-6-7-13(17-2)12(8-9)15-11-5-3-4-10(11)14/h6-8,10-11,15H,3-5,14H2,1-2H3. The molecule has 2 atom stereocenters. The van der Waals surface area contributed by atoms with E-state index in [2.05, 4.69) is 5.32 Å². The van der Waals surface area contributed by atoms with Gasteiger partial charge in [-0.25, -0.2) is 0 Å². The average Bonchev–Trinajstić information content (AvgIpc) is 2.75. The smallest absolute Gasteiger partial charge is 0.142 e. The molecule has 2 unspecified atom stereocenters. The van der Waals surface area contributed by atoms with Crippen LogP contribution in [0.5, 0.6) is 11.5 Å². The van der Waals surface area contributed by atoms with Crippen molar-refractivity contribution in [1.29, 1.82) is 0 Å². The van der Waals surface area contributed by atoms with Gasteiger partial charge in [-0.1, -0.05) is 0 Å². The van der Waals surface area contributed by atoms with Crippen LogP contribution in [0.4, 0.5) is 5.69 Å². The Bertz CT molecular complexity index is 382. The average molecular weight is 236 g/mol. The minimum Gasteiger partial charge on any atom is -0.497 e. The number of methoxy groups -OCH3 is 2. The van der Waals surface area contributed by atoms with Crippen molar-refractivity contribution in [2.75, 3.05) is 19.5 Å². The Hall–Kier alpha value is -1.42. The number of hydrogen-bond acceptors (Lipinski definition) is 4. The summed E-state index contributed by atoms with van der Waals surface area (Å²) in [4.78, 5) is 0. The van der Waals surface area contributed by atoms with Gasteiger partial charge < -0.3 is 20.5 Å². The molecule has 0 saturated heterocycles. The van der Waals surface area contributed by atoms with E-state index in [1.54, 1.807) is 14.2 Å². The van der Waals surface area contributed by atoms with Crippen LogP contribution in [0, 0.1) is 0 Å². The minimum absolute atomic E-state index is 0.228. The molecule has 17 heavy (non-hydrogen) atoms. The third kappa shape index (κ3) is 2.64. The Morgan fingerprint density at radius 3 is 2.65 bits per heavy atom. The summed E-state index contributed by atoms with van der Waals surface area (Å²) in [6.45, 7) is 0. The van der Waals surface area contributed by atoms with Gasteiger partial charge >= 0.3 is 0 Å². The van der Waals surface area contributed by atoms with E-state index < -0.39 is 0 Å². The van der Waals surface area contributed by atoms with Crippen molar-refractivity contribution in [3.05, 3.63) is 18.2 Å². The van der Waals surface area contributed by atoms with Crippen molar-refractivity contribution in [1.82, 2.24) is 0 Å². The number of benzene rings is 1. The van der Waals surface area contributed by atoms with Crippen LogP contribution in [0.25, 0.3) is 0 Å².